The summed E-state index contributed by atoms with van der Waals surface area (Å²) in [6.07, 6.45) is 0.922. The highest BCUT2D eigenvalue weighted by Crippen LogP contribution is 2.30. The van der Waals surface area contributed by atoms with Crippen LogP contribution in [0, 0.1) is 0 Å². The van der Waals surface area contributed by atoms with Crippen LogP contribution >= 0.6 is 46.5 Å². The van der Waals surface area contributed by atoms with Crippen LogP contribution in [0.5, 0.6) is 0 Å². The molecule has 0 radical (unpaired) electrons. The summed E-state index contributed by atoms with van der Waals surface area (Å²) < 4.78 is 6.84. The van der Waals surface area contributed by atoms with E-state index in [0.717, 1.165) is 20.7 Å². The Labute approximate surface area is 173 Å². The minimum Gasteiger partial charge on any atom is -0.355 e. The van der Waals surface area contributed by atoms with Gasteiger partial charge in [0.05, 0.1) is 11.5 Å². The molecule has 11 heteroatoms. The summed E-state index contributed by atoms with van der Waals surface area (Å²) in [4.78, 5) is 16.0. The summed E-state index contributed by atoms with van der Waals surface area (Å²) in [6, 6.07) is 7.21. The number of hydrogen-bond donors (Lipinski definition) is 1. The predicted molar refractivity (Wildman–Crippen MR) is 108 cm³/mol. The lowest BCUT2D eigenvalue weighted by Gasteiger charge is -2.00. The molecule has 0 unspecified atom stereocenters. The summed E-state index contributed by atoms with van der Waals surface area (Å²) in [5.41, 5.74) is 0.819. The van der Waals surface area contributed by atoms with Crippen LogP contribution in [0.15, 0.2) is 37.5 Å². The van der Waals surface area contributed by atoms with Gasteiger partial charge in [-0.1, -0.05) is 58.5 Å². The molecule has 0 aliphatic carbocycles. The van der Waals surface area contributed by atoms with Gasteiger partial charge in [-0.3, -0.25) is 4.79 Å². The fourth-order valence-electron chi connectivity index (χ4n) is 1.91. The third-order valence-corrected chi connectivity index (χ3v) is 6.61. The smallest absolute Gasteiger partial charge is 0.257 e. The lowest BCUT2D eigenvalue weighted by Crippen LogP contribution is -2.25. The zero-order valence-electron chi connectivity index (χ0n) is 14.3. The molecule has 0 spiro atoms. The second-order valence-corrected chi connectivity index (χ2v) is 9.14. The van der Waals surface area contributed by atoms with E-state index in [9.17, 15) is 4.79 Å². The van der Waals surface area contributed by atoms with E-state index in [1.54, 1.807) is 12.1 Å². The molecule has 0 saturated carbocycles. The quantitative estimate of drug-likeness (QED) is 0.495. The van der Waals surface area contributed by atoms with Crippen LogP contribution < -0.4 is 5.32 Å². The Morgan fingerprint density at radius 3 is 2.70 bits per heavy atom. The average molecular weight is 442 g/mol. The molecule has 1 aromatic carbocycles. The van der Waals surface area contributed by atoms with Crippen molar-refractivity contribution in [2.24, 2.45) is 0 Å². The van der Waals surface area contributed by atoms with Crippen LogP contribution in [0.2, 0.25) is 5.02 Å². The van der Waals surface area contributed by atoms with Crippen LogP contribution in [-0.4, -0.2) is 38.5 Å². The molecule has 1 N–H and O–H groups in total. The molecule has 0 atom stereocenters. The Bertz CT molecular complexity index is 884. The average Bonchev–Trinajstić information content (AvgIpc) is 3.33. The second-order valence-electron chi connectivity index (χ2n) is 5.28. The molecular weight excluding hydrogens is 426 g/mol. The summed E-state index contributed by atoms with van der Waals surface area (Å²) in [5.74, 6) is 1.90. The first-order valence-corrected chi connectivity index (χ1v) is 11.2. The number of aromatic nitrogens is 4. The van der Waals surface area contributed by atoms with Gasteiger partial charge in [0.1, 0.15) is 0 Å². The molecule has 1 amide bonds. The molecule has 0 aliphatic heterocycles. The van der Waals surface area contributed by atoms with Crippen LogP contribution in [0.25, 0.3) is 11.5 Å². The standard InChI is InChI=1S/C16H16ClN5O2S3/c1-2-7-18-13(23)9-26-16-21-20-15(27-16)25-8-12-19-14(24-22-12)10-3-5-11(17)6-4-10/h3-6H,2,7-9H2,1H3,(H,18,23). The van der Waals surface area contributed by atoms with Crippen LogP contribution in [0.4, 0.5) is 0 Å². The number of amides is 1. The summed E-state index contributed by atoms with van der Waals surface area (Å²) in [7, 11) is 0. The largest absolute Gasteiger partial charge is 0.355 e. The van der Waals surface area contributed by atoms with E-state index in [-0.39, 0.29) is 5.91 Å². The van der Waals surface area contributed by atoms with E-state index in [1.165, 1.54) is 34.9 Å². The van der Waals surface area contributed by atoms with Crippen LogP contribution in [0.3, 0.4) is 0 Å². The molecular formula is C16H16ClN5O2S3. The van der Waals surface area contributed by atoms with Crippen molar-refractivity contribution < 1.29 is 9.32 Å². The van der Waals surface area contributed by atoms with Gasteiger partial charge in [-0.2, -0.15) is 4.98 Å². The fourth-order valence-corrected chi connectivity index (χ4v) is 4.72. The van der Waals surface area contributed by atoms with Gasteiger partial charge in [-0.15, -0.1) is 10.2 Å². The second kappa shape index (κ2) is 10.1. The van der Waals surface area contributed by atoms with E-state index in [1.807, 2.05) is 19.1 Å². The zero-order valence-corrected chi connectivity index (χ0v) is 17.6. The van der Waals surface area contributed by atoms with Crippen molar-refractivity contribution in [2.45, 2.75) is 27.8 Å². The van der Waals surface area contributed by atoms with Crippen molar-refractivity contribution in [1.29, 1.82) is 0 Å². The molecule has 0 aliphatic rings. The van der Waals surface area contributed by atoms with Crippen molar-refractivity contribution in [3.05, 3.63) is 35.1 Å². The molecule has 2 aromatic heterocycles. The zero-order chi connectivity index (χ0) is 19.1. The van der Waals surface area contributed by atoms with Gasteiger partial charge in [0.15, 0.2) is 14.5 Å². The van der Waals surface area contributed by atoms with Crippen molar-refractivity contribution in [3.63, 3.8) is 0 Å². The van der Waals surface area contributed by atoms with Crippen molar-refractivity contribution in [3.8, 4) is 11.5 Å². The number of nitrogens with zero attached hydrogens (tertiary/aromatic N) is 4. The minimum atomic E-state index is 0.00720. The molecule has 2 heterocycles. The Morgan fingerprint density at radius 2 is 1.96 bits per heavy atom. The number of rotatable bonds is 9. The number of hydrogen-bond acceptors (Lipinski definition) is 9. The number of nitrogens with one attached hydrogen (secondary N) is 1. The minimum absolute atomic E-state index is 0.00720. The van der Waals surface area contributed by atoms with Gasteiger partial charge in [0.2, 0.25) is 5.91 Å². The third-order valence-electron chi connectivity index (χ3n) is 3.17. The van der Waals surface area contributed by atoms with E-state index < -0.39 is 0 Å². The Balaban J connectivity index is 1.49. The van der Waals surface area contributed by atoms with Gasteiger partial charge in [-0.05, 0) is 30.7 Å². The Hall–Kier alpha value is -1.62. The van der Waals surface area contributed by atoms with Crippen LogP contribution in [-0.2, 0) is 10.5 Å². The normalized spacial score (nSPS) is 10.9. The third kappa shape index (κ3) is 6.20. The van der Waals surface area contributed by atoms with E-state index in [0.29, 0.717) is 34.8 Å². The van der Waals surface area contributed by atoms with Crippen molar-refractivity contribution >= 4 is 52.4 Å². The molecule has 142 valence electrons. The molecule has 3 rings (SSSR count). The van der Waals surface area contributed by atoms with Gasteiger partial charge >= 0.3 is 0 Å². The lowest BCUT2D eigenvalue weighted by atomic mass is 10.2. The monoisotopic (exact) mass is 441 g/mol. The Kier molecular flexibility index (Phi) is 7.50. The number of benzene rings is 1. The van der Waals surface area contributed by atoms with Crippen molar-refractivity contribution in [2.75, 3.05) is 12.3 Å². The molecule has 7 nitrogen and oxygen atoms in total. The molecule has 27 heavy (non-hydrogen) atoms. The molecule has 0 bridgehead atoms. The first kappa shape index (κ1) is 20.1. The van der Waals surface area contributed by atoms with E-state index in [2.05, 4.69) is 25.7 Å². The predicted octanol–water partition coefficient (Wildman–Crippen LogP) is 4.15. The maximum atomic E-state index is 11.6. The number of carbonyl (C=O) groups is 1. The maximum absolute atomic E-state index is 11.6. The summed E-state index contributed by atoms with van der Waals surface area (Å²) in [6.45, 7) is 2.71. The van der Waals surface area contributed by atoms with Crippen LogP contribution in [0.1, 0.15) is 19.2 Å². The van der Waals surface area contributed by atoms with E-state index in [4.69, 9.17) is 16.1 Å². The lowest BCUT2D eigenvalue weighted by molar-refractivity contribution is -0.118. The van der Waals surface area contributed by atoms with Crippen molar-refractivity contribution in [1.82, 2.24) is 25.7 Å². The number of thioether (sulfide) groups is 2. The maximum Gasteiger partial charge on any atom is 0.257 e. The first-order valence-electron chi connectivity index (χ1n) is 8.08. The SMILES string of the molecule is CCCNC(=O)CSc1nnc(SCc2noc(-c3ccc(Cl)cc3)n2)s1. The fraction of sp³-hybridized carbons (Fsp3) is 0.312. The summed E-state index contributed by atoms with van der Waals surface area (Å²) >= 11 is 10.2. The molecule has 3 aromatic rings. The van der Waals surface area contributed by atoms with Gasteiger partial charge in [0, 0.05) is 17.1 Å². The highest BCUT2D eigenvalue weighted by atomic mass is 35.5. The Morgan fingerprint density at radius 1 is 1.22 bits per heavy atom. The topological polar surface area (TPSA) is 93.8 Å². The van der Waals surface area contributed by atoms with Gasteiger partial charge in [0.25, 0.3) is 5.89 Å². The highest BCUT2D eigenvalue weighted by Gasteiger charge is 2.12. The van der Waals surface area contributed by atoms with E-state index >= 15 is 0 Å². The molecule has 0 fully saturated rings. The number of halogens is 1. The molecule has 0 saturated heterocycles. The summed E-state index contributed by atoms with van der Waals surface area (Å²) in [5, 5.41) is 15.7. The highest BCUT2D eigenvalue weighted by molar-refractivity contribution is 8.03. The first-order chi connectivity index (χ1) is 13.1. The van der Waals surface area contributed by atoms with Gasteiger partial charge in [-0.25, -0.2) is 0 Å². The van der Waals surface area contributed by atoms with Gasteiger partial charge < -0.3 is 9.84 Å². The number of carbonyl (C=O) groups excluding carboxylic acids is 1.